The number of hydrogen-bond acceptors (Lipinski definition) is 2. The number of benzene rings is 3. The molecule has 1 amide bonds. The van der Waals surface area contributed by atoms with E-state index in [9.17, 15) is 9.18 Å². The molecular formula is C20H16FNO2. The molecule has 0 bridgehead atoms. The molecule has 3 nitrogen and oxygen atoms in total. The van der Waals surface area contributed by atoms with Crippen molar-refractivity contribution in [1.29, 1.82) is 0 Å². The van der Waals surface area contributed by atoms with E-state index in [1.54, 1.807) is 37.3 Å². The maximum absolute atomic E-state index is 13.4. The lowest BCUT2D eigenvalue weighted by Crippen LogP contribution is -2.14. The highest BCUT2D eigenvalue weighted by molar-refractivity contribution is 6.06. The number of rotatable bonds is 4. The number of para-hydroxylation sites is 2. The smallest absolute Gasteiger partial charge is 0.259 e. The minimum Gasteiger partial charge on any atom is -0.457 e. The molecule has 0 unspecified atom stereocenters. The van der Waals surface area contributed by atoms with Crippen molar-refractivity contribution in [2.24, 2.45) is 0 Å². The van der Waals surface area contributed by atoms with Gasteiger partial charge in [-0.05, 0) is 48.9 Å². The van der Waals surface area contributed by atoms with Crippen LogP contribution in [0.4, 0.5) is 10.1 Å². The van der Waals surface area contributed by atoms with Gasteiger partial charge in [-0.15, -0.1) is 0 Å². The zero-order chi connectivity index (χ0) is 16.9. The summed E-state index contributed by atoms with van der Waals surface area (Å²) < 4.78 is 19.2. The second kappa shape index (κ2) is 6.96. The second-order valence-corrected chi connectivity index (χ2v) is 5.32. The molecule has 0 heterocycles. The summed E-state index contributed by atoms with van der Waals surface area (Å²) in [6, 6.07) is 20.4. The van der Waals surface area contributed by atoms with Gasteiger partial charge in [0.25, 0.3) is 5.91 Å². The largest absolute Gasteiger partial charge is 0.457 e. The molecule has 3 aromatic rings. The minimum absolute atomic E-state index is 0.352. The van der Waals surface area contributed by atoms with E-state index >= 15 is 0 Å². The lowest BCUT2D eigenvalue weighted by Gasteiger charge is -2.12. The molecule has 0 fully saturated rings. The first-order chi connectivity index (χ1) is 11.6. The summed E-state index contributed by atoms with van der Waals surface area (Å²) in [7, 11) is 0. The number of carbonyl (C=O) groups excluding carboxylic acids is 1. The van der Waals surface area contributed by atoms with Gasteiger partial charge in [0.1, 0.15) is 17.3 Å². The van der Waals surface area contributed by atoms with Crippen molar-refractivity contribution < 1.29 is 13.9 Å². The summed E-state index contributed by atoms with van der Waals surface area (Å²) in [6.45, 7) is 1.81. The molecule has 120 valence electrons. The molecule has 0 aliphatic heterocycles. The number of nitrogens with one attached hydrogen (secondary N) is 1. The van der Waals surface area contributed by atoms with Gasteiger partial charge in [0.05, 0.1) is 5.56 Å². The Labute approximate surface area is 139 Å². The van der Waals surface area contributed by atoms with Crippen LogP contribution in [-0.4, -0.2) is 5.91 Å². The van der Waals surface area contributed by atoms with E-state index in [1.807, 2.05) is 30.3 Å². The zero-order valence-electron chi connectivity index (χ0n) is 13.1. The van der Waals surface area contributed by atoms with Gasteiger partial charge in [-0.3, -0.25) is 4.79 Å². The van der Waals surface area contributed by atoms with E-state index < -0.39 is 5.82 Å². The van der Waals surface area contributed by atoms with Crippen molar-refractivity contribution in [3.05, 3.63) is 89.7 Å². The van der Waals surface area contributed by atoms with Crippen molar-refractivity contribution >= 4 is 11.6 Å². The Morgan fingerprint density at radius 3 is 2.46 bits per heavy atom. The van der Waals surface area contributed by atoms with Crippen LogP contribution in [0.15, 0.2) is 72.8 Å². The molecular weight excluding hydrogens is 305 g/mol. The first-order valence-electron chi connectivity index (χ1n) is 7.53. The Kier molecular flexibility index (Phi) is 4.57. The number of aryl methyl sites for hydroxylation is 1. The van der Waals surface area contributed by atoms with Gasteiger partial charge >= 0.3 is 0 Å². The second-order valence-electron chi connectivity index (χ2n) is 5.32. The first kappa shape index (κ1) is 15.7. The summed E-state index contributed by atoms with van der Waals surface area (Å²) in [4.78, 5) is 12.6. The van der Waals surface area contributed by atoms with Crippen LogP contribution in [0.1, 0.15) is 15.9 Å². The third kappa shape index (κ3) is 3.60. The molecule has 0 saturated heterocycles. The van der Waals surface area contributed by atoms with Crippen LogP contribution in [-0.2, 0) is 0 Å². The molecule has 0 saturated carbocycles. The zero-order valence-corrected chi connectivity index (χ0v) is 13.1. The normalized spacial score (nSPS) is 10.2. The molecule has 3 aromatic carbocycles. The lowest BCUT2D eigenvalue weighted by molar-refractivity contribution is 0.102. The molecule has 24 heavy (non-hydrogen) atoms. The quantitative estimate of drug-likeness (QED) is 0.719. The van der Waals surface area contributed by atoms with E-state index in [1.165, 1.54) is 12.1 Å². The van der Waals surface area contributed by atoms with E-state index in [-0.39, 0.29) is 5.91 Å². The van der Waals surface area contributed by atoms with E-state index in [0.29, 0.717) is 22.7 Å². The predicted molar refractivity (Wildman–Crippen MR) is 92.0 cm³/mol. The summed E-state index contributed by atoms with van der Waals surface area (Å²) >= 11 is 0. The number of anilines is 1. The fraction of sp³-hybridized carbons (Fsp3) is 0.0500. The van der Waals surface area contributed by atoms with Crippen molar-refractivity contribution in [3.63, 3.8) is 0 Å². The highest BCUT2D eigenvalue weighted by atomic mass is 19.1. The molecule has 0 atom stereocenters. The van der Waals surface area contributed by atoms with Crippen molar-refractivity contribution in [3.8, 4) is 11.5 Å². The van der Waals surface area contributed by atoms with Crippen molar-refractivity contribution in [2.45, 2.75) is 6.92 Å². The van der Waals surface area contributed by atoms with Crippen LogP contribution in [0.2, 0.25) is 0 Å². The number of hydrogen-bond donors (Lipinski definition) is 1. The van der Waals surface area contributed by atoms with E-state index in [2.05, 4.69) is 5.32 Å². The molecule has 0 spiro atoms. The van der Waals surface area contributed by atoms with Crippen LogP contribution in [0.5, 0.6) is 11.5 Å². The standard InChI is InChI=1S/C20H16FNO2/c1-14-11-12-15(21)13-18(14)22-20(23)17-9-5-6-10-19(17)24-16-7-3-2-4-8-16/h2-13H,1H3,(H,22,23). The lowest BCUT2D eigenvalue weighted by atomic mass is 10.1. The molecule has 0 aromatic heterocycles. The van der Waals surface area contributed by atoms with Crippen LogP contribution >= 0.6 is 0 Å². The fourth-order valence-corrected chi connectivity index (χ4v) is 2.28. The minimum atomic E-state index is -0.398. The maximum Gasteiger partial charge on any atom is 0.259 e. The average Bonchev–Trinajstić information content (AvgIpc) is 2.59. The topological polar surface area (TPSA) is 38.3 Å². The molecule has 3 rings (SSSR count). The van der Waals surface area contributed by atoms with Gasteiger partial charge < -0.3 is 10.1 Å². The molecule has 0 radical (unpaired) electrons. The van der Waals surface area contributed by atoms with Crippen molar-refractivity contribution in [2.75, 3.05) is 5.32 Å². The van der Waals surface area contributed by atoms with Gasteiger partial charge in [-0.1, -0.05) is 36.4 Å². The Morgan fingerprint density at radius 1 is 0.958 bits per heavy atom. The van der Waals surface area contributed by atoms with Crippen LogP contribution in [0, 0.1) is 12.7 Å². The molecule has 0 aliphatic rings. The van der Waals surface area contributed by atoms with E-state index in [0.717, 1.165) is 5.56 Å². The van der Waals surface area contributed by atoms with Gasteiger partial charge in [0.2, 0.25) is 0 Å². The van der Waals surface area contributed by atoms with Gasteiger partial charge in [0, 0.05) is 5.69 Å². The molecule has 1 N–H and O–H groups in total. The third-order valence-corrected chi connectivity index (χ3v) is 3.55. The average molecular weight is 321 g/mol. The molecule has 0 aliphatic carbocycles. The van der Waals surface area contributed by atoms with Gasteiger partial charge in [-0.25, -0.2) is 4.39 Å². The summed E-state index contributed by atoms with van der Waals surface area (Å²) in [6.07, 6.45) is 0. The van der Waals surface area contributed by atoms with Gasteiger partial charge in [-0.2, -0.15) is 0 Å². The van der Waals surface area contributed by atoms with E-state index in [4.69, 9.17) is 4.74 Å². The van der Waals surface area contributed by atoms with Crippen LogP contribution in [0.25, 0.3) is 0 Å². The summed E-state index contributed by atoms with van der Waals surface area (Å²) in [5.74, 6) is 0.329. The Balaban J connectivity index is 1.86. The van der Waals surface area contributed by atoms with Crippen LogP contribution in [0.3, 0.4) is 0 Å². The number of ether oxygens (including phenoxy) is 1. The highest BCUT2D eigenvalue weighted by Gasteiger charge is 2.14. The number of halogens is 1. The third-order valence-electron chi connectivity index (χ3n) is 3.55. The number of amides is 1. The van der Waals surface area contributed by atoms with Crippen molar-refractivity contribution in [1.82, 2.24) is 0 Å². The predicted octanol–water partition coefficient (Wildman–Crippen LogP) is 5.18. The fourth-order valence-electron chi connectivity index (χ4n) is 2.28. The monoisotopic (exact) mass is 321 g/mol. The highest BCUT2D eigenvalue weighted by Crippen LogP contribution is 2.26. The Bertz CT molecular complexity index is 863. The molecule has 4 heteroatoms. The summed E-state index contributed by atoms with van der Waals surface area (Å²) in [5, 5.41) is 2.73. The summed E-state index contributed by atoms with van der Waals surface area (Å²) in [5.41, 5.74) is 1.60. The number of carbonyl (C=O) groups is 1. The maximum atomic E-state index is 13.4. The Hall–Kier alpha value is -3.14. The first-order valence-corrected chi connectivity index (χ1v) is 7.53. The van der Waals surface area contributed by atoms with Gasteiger partial charge in [0.15, 0.2) is 0 Å². The Morgan fingerprint density at radius 2 is 1.67 bits per heavy atom. The van der Waals surface area contributed by atoms with Crippen LogP contribution < -0.4 is 10.1 Å². The SMILES string of the molecule is Cc1ccc(F)cc1NC(=O)c1ccccc1Oc1ccccc1.